The van der Waals surface area contributed by atoms with Crippen molar-refractivity contribution >= 4 is 0 Å². The highest BCUT2D eigenvalue weighted by atomic mass is 16.5. The van der Waals surface area contributed by atoms with E-state index in [4.69, 9.17) is 14.2 Å². The van der Waals surface area contributed by atoms with Crippen molar-refractivity contribution in [2.24, 2.45) is 0 Å². The zero-order valence-corrected chi connectivity index (χ0v) is 12.5. The highest BCUT2D eigenvalue weighted by Gasteiger charge is 2.10. The summed E-state index contributed by atoms with van der Waals surface area (Å²) in [4.78, 5) is 0. The van der Waals surface area contributed by atoms with Crippen molar-refractivity contribution < 1.29 is 14.2 Å². The number of nitrogens with one attached hydrogen (secondary N) is 1. The van der Waals surface area contributed by atoms with Gasteiger partial charge < -0.3 is 19.5 Å². The van der Waals surface area contributed by atoms with Gasteiger partial charge in [0.15, 0.2) is 0 Å². The summed E-state index contributed by atoms with van der Waals surface area (Å²) in [5.74, 6) is 2.25. The third kappa shape index (κ3) is 5.39. The first-order valence-electron chi connectivity index (χ1n) is 6.72. The summed E-state index contributed by atoms with van der Waals surface area (Å²) in [5, 5.41) is 3.39. The van der Waals surface area contributed by atoms with Crippen LogP contribution in [0.25, 0.3) is 0 Å². The van der Waals surface area contributed by atoms with Gasteiger partial charge in [0, 0.05) is 30.8 Å². The molecule has 1 rings (SSSR count). The maximum absolute atomic E-state index is 5.98. The smallest absolute Gasteiger partial charge is 0.127 e. The lowest BCUT2D eigenvalue weighted by Gasteiger charge is -2.20. The molecule has 0 fully saturated rings. The van der Waals surface area contributed by atoms with E-state index in [9.17, 15) is 0 Å². The number of hydrogen-bond acceptors (Lipinski definition) is 4. The Morgan fingerprint density at radius 3 is 1.95 bits per heavy atom. The van der Waals surface area contributed by atoms with Gasteiger partial charge in [-0.2, -0.15) is 0 Å². The van der Waals surface area contributed by atoms with E-state index in [0.717, 1.165) is 30.2 Å². The average molecular weight is 267 g/mol. The number of ether oxygens (including phenoxy) is 3. The highest BCUT2D eigenvalue weighted by molar-refractivity contribution is 5.42. The van der Waals surface area contributed by atoms with Crippen LogP contribution in [0.2, 0.25) is 0 Å². The lowest BCUT2D eigenvalue weighted by Crippen LogP contribution is -2.34. The van der Waals surface area contributed by atoms with E-state index in [1.807, 2.05) is 18.2 Å². The summed E-state index contributed by atoms with van der Waals surface area (Å²) < 4.78 is 16.4. The monoisotopic (exact) mass is 267 g/mol. The number of hydrogen-bond donors (Lipinski definition) is 1. The van der Waals surface area contributed by atoms with Crippen molar-refractivity contribution in [1.82, 2.24) is 5.32 Å². The van der Waals surface area contributed by atoms with Gasteiger partial charge in [0.25, 0.3) is 0 Å². The van der Waals surface area contributed by atoms with E-state index in [0.29, 0.717) is 6.04 Å². The molecule has 0 saturated heterocycles. The number of methoxy groups -OCH3 is 2. The fourth-order valence-corrected chi connectivity index (χ4v) is 1.68. The molecule has 0 aromatic heterocycles. The van der Waals surface area contributed by atoms with Crippen LogP contribution in [0.4, 0.5) is 0 Å². The van der Waals surface area contributed by atoms with Gasteiger partial charge in [-0.25, -0.2) is 0 Å². The summed E-state index contributed by atoms with van der Waals surface area (Å²) in [6.07, 6.45) is 1.08. The molecule has 0 radical (unpaired) electrons. The minimum atomic E-state index is 0.138. The fraction of sp³-hybridized carbons (Fsp3) is 0.600. The largest absolute Gasteiger partial charge is 0.496 e. The second kappa shape index (κ2) is 7.89. The lowest BCUT2D eigenvalue weighted by atomic mass is 10.2. The van der Waals surface area contributed by atoms with Crippen LogP contribution >= 0.6 is 0 Å². The summed E-state index contributed by atoms with van der Waals surface area (Å²) in [6, 6.07) is 6.04. The topological polar surface area (TPSA) is 39.7 Å². The van der Waals surface area contributed by atoms with Crippen molar-refractivity contribution in [3.8, 4) is 17.2 Å². The zero-order chi connectivity index (χ0) is 14.3. The van der Waals surface area contributed by atoms with Crippen molar-refractivity contribution in [2.75, 3.05) is 20.8 Å². The second-order valence-electron chi connectivity index (χ2n) is 4.76. The zero-order valence-electron chi connectivity index (χ0n) is 12.5. The van der Waals surface area contributed by atoms with Crippen molar-refractivity contribution in [3.05, 3.63) is 18.2 Å². The van der Waals surface area contributed by atoms with Gasteiger partial charge >= 0.3 is 0 Å². The van der Waals surface area contributed by atoms with Gasteiger partial charge in [-0.15, -0.1) is 0 Å². The minimum absolute atomic E-state index is 0.138. The molecule has 1 unspecified atom stereocenters. The first-order chi connectivity index (χ1) is 9.08. The van der Waals surface area contributed by atoms with Gasteiger partial charge in [-0.05, 0) is 6.42 Å². The van der Waals surface area contributed by atoms with Crippen LogP contribution in [-0.2, 0) is 0 Å². The molecule has 0 bridgehead atoms. The first-order valence-corrected chi connectivity index (χ1v) is 6.72. The standard InChI is InChI=1S/C15H25NO3/c1-6-12(10-16-11(2)3)19-15-8-13(17-4)7-14(9-15)18-5/h7-9,11-12,16H,6,10H2,1-5H3. The van der Waals surface area contributed by atoms with Gasteiger partial charge in [0.05, 0.1) is 14.2 Å². The van der Waals surface area contributed by atoms with Crippen LogP contribution in [0.1, 0.15) is 27.2 Å². The molecule has 0 aliphatic carbocycles. The molecule has 0 aliphatic heterocycles. The third-order valence-electron chi connectivity index (χ3n) is 2.84. The Hall–Kier alpha value is -1.42. The second-order valence-corrected chi connectivity index (χ2v) is 4.76. The van der Waals surface area contributed by atoms with E-state index in [2.05, 4.69) is 26.1 Å². The maximum Gasteiger partial charge on any atom is 0.127 e. The Morgan fingerprint density at radius 2 is 1.53 bits per heavy atom. The van der Waals surface area contributed by atoms with Crippen LogP contribution in [0, 0.1) is 0 Å². The molecule has 0 spiro atoms. The highest BCUT2D eigenvalue weighted by Crippen LogP contribution is 2.28. The molecule has 1 N–H and O–H groups in total. The van der Waals surface area contributed by atoms with E-state index in [1.54, 1.807) is 14.2 Å². The Bertz CT molecular complexity index is 357. The van der Waals surface area contributed by atoms with E-state index in [1.165, 1.54) is 0 Å². The van der Waals surface area contributed by atoms with Crippen LogP contribution in [0.3, 0.4) is 0 Å². The molecule has 1 aromatic carbocycles. The first kappa shape index (κ1) is 15.6. The molecule has 4 nitrogen and oxygen atoms in total. The molecule has 1 atom stereocenters. The van der Waals surface area contributed by atoms with Gasteiger partial charge in [-0.1, -0.05) is 20.8 Å². The summed E-state index contributed by atoms with van der Waals surface area (Å²) in [7, 11) is 3.27. The summed E-state index contributed by atoms with van der Waals surface area (Å²) >= 11 is 0. The summed E-state index contributed by atoms with van der Waals surface area (Å²) in [6.45, 7) is 7.19. The molecule has 0 amide bonds. The van der Waals surface area contributed by atoms with E-state index < -0.39 is 0 Å². The van der Waals surface area contributed by atoms with Crippen molar-refractivity contribution in [1.29, 1.82) is 0 Å². The molecule has 0 heterocycles. The lowest BCUT2D eigenvalue weighted by molar-refractivity contribution is 0.189. The van der Waals surface area contributed by atoms with E-state index in [-0.39, 0.29) is 6.10 Å². The predicted octanol–water partition coefficient (Wildman–Crippen LogP) is 2.86. The van der Waals surface area contributed by atoms with Gasteiger partial charge in [-0.3, -0.25) is 0 Å². The fourth-order valence-electron chi connectivity index (χ4n) is 1.68. The number of benzene rings is 1. The van der Waals surface area contributed by atoms with Crippen molar-refractivity contribution in [2.45, 2.75) is 39.3 Å². The van der Waals surface area contributed by atoms with Crippen LogP contribution < -0.4 is 19.5 Å². The minimum Gasteiger partial charge on any atom is -0.496 e. The quantitative estimate of drug-likeness (QED) is 0.786. The van der Waals surface area contributed by atoms with Crippen LogP contribution in [0.5, 0.6) is 17.2 Å². The molecule has 4 heteroatoms. The number of rotatable bonds is 8. The molecule has 19 heavy (non-hydrogen) atoms. The van der Waals surface area contributed by atoms with Gasteiger partial charge in [0.1, 0.15) is 23.4 Å². The molecule has 0 aliphatic rings. The predicted molar refractivity (Wildman–Crippen MR) is 77.4 cm³/mol. The van der Waals surface area contributed by atoms with Gasteiger partial charge in [0.2, 0.25) is 0 Å². The van der Waals surface area contributed by atoms with E-state index >= 15 is 0 Å². The third-order valence-corrected chi connectivity index (χ3v) is 2.84. The van der Waals surface area contributed by atoms with Crippen LogP contribution in [-0.4, -0.2) is 32.9 Å². The Balaban J connectivity index is 2.72. The molecule has 108 valence electrons. The molecular weight excluding hydrogens is 242 g/mol. The normalized spacial score (nSPS) is 12.3. The van der Waals surface area contributed by atoms with Crippen molar-refractivity contribution in [3.63, 3.8) is 0 Å². The van der Waals surface area contributed by atoms with Crippen LogP contribution in [0.15, 0.2) is 18.2 Å². The maximum atomic E-state index is 5.98. The average Bonchev–Trinajstić information content (AvgIpc) is 2.42. The Morgan fingerprint density at radius 1 is 1.00 bits per heavy atom. The Labute approximate surface area is 116 Å². The molecule has 0 saturated carbocycles. The molecular formula is C15H25NO3. The Kier molecular flexibility index (Phi) is 6.50. The molecule has 1 aromatic rings. The summed E-state index contributed by atoms with van der Waals surface area (Å²) in [5.41, 5.74) is 0. The SMILES string of the molecule is CCC(CNC(C)C)Oc1cc(OC)cc(OC)c1.